The lowest BCUT2D eigenvalue weighted by atomic mass is 10.1. The number of hydrogen-bond donors (Lipinski definition) is 0. The van der Waals surface area contributed by atoms with Crippen molar-refractivity contribution in [2.45, 2.75) is 19.5 Å². The molecular formula is C17H26N3O+. The summed E-state index contributed by atoms with van der Waals surface area (Å²) >= 11 is 0. The summed E-state index contributed by atoms with van der Waals surface area (Å²) in [5, 5.41) is 0. The summed E-state index contributed by atoms with van der Waals surface area (Å²) in [5.41, 5.74) is 1.20. The van der Waals surface area contributed by atoms with E-state index in [1.807, 2.05) is 30.1 Å². The number of fused-ring (bicyclic) bond motifs is 3. The number of piperazine rings is 3. The Labute approximate surface area is 127 Å². The summed E-state index contributed by atoms with van der Waals surface area (Å²) in [6.07, 6.45) is 0. The van der Waals surface area contributed by atoms with E-state index in [9.17, 15) is 4.79 Å². The predicted octanol–water partition coefficient (Wildman–Crippen LogP) is 1.18. The minimum absolute atomic E-state index is 0.0844. The van der Waals surface area contributed by atoms with Crippen molar-refractivity contribution in [3.63, 3.8) is 0 Å². The summed E-state index contributed by atoms with van der Waals surface area (Å²) in [7, 11) is 1.93. The lowest BCUT2D eigenvalue weighted by molar-refractivity contribution is -0.953. The molecule has 0 aromatic heterocycles. The van der Waals surface area contributed by atoms with Crippen LogP contribution in [0, 0.1) is 0 Å². The van der Waals surface area contributed by atoms with Gasteiger partial charge in [0.25, 0.3) is 5.91 Å². The molecule has 3 heterocycles. The van der Waals surface area contributed by atoms with Crippen molar-refractivity contribution >= 4 is 5.91 Å². The van der Waals surface area contributed by atoms with Gasteiger partial charge in [0.05, 0.1) is 19.6 Å². The van der Waals surface area contributed by atoms with Crippen LogP contribution in [0.5, 0.6) is 0 Å². The molecule has 3 aliphatic heterocycles. The van der Waals surface area contributed by atoms with Crippen LogP contribution in [-0.4, -0.2) is 72.5 Å². The minimum Gasteiger partial charge on any atom is -0.336 e. The lowest BCUT2D eigenvalue weighted by Gasteiger charge is -2.53. The van der Waals surface area contributed by atoms with Gasteiger partial charge in [0.15, 0.2) is 6.04 Å². The summed E-state index contributed by atoms with van der Waals surface area (Å²) < 4.78 is 0.995. The maximum absolute atomic E-state index is 12.8. The molecule has 114 valence electrons. The van der Waals surface area contributed by atoms with Crippen molar-refractivity contribution in [1.82, 2.24) is 9.80 Å². The second-order valence-electron chi connectivity index (χ2n) is 6.59. The average molecular weight is 288 g/mol. The van der Waals surface area contributed by atoms with Gasteiger partial charge in [-0.2, -0.15) is 0 Å². The van der Waals surface area contributed by atoms with Gasteiger partial charge in [0.1, 0.15) is 0 Å². The number of quaternary nitrogens is 1. The molecule has 0 saturated carbocycles. The molecule has 1 aromatic rings. The molecule has 2 bridgehead atoms. The van der Waals surface area contributed by atoms with Crippen molar-refractivity contribution in [3.8, 4) is 0 Å². The first-order valence-electron chi connectivity index (χ1n) is 7.98. The van der Waals surface area contributed by atoms with Crippen LogP contribution in [0.25, 0.3) is 0 Å². The summed E-state index contributed by atoms with van der Waals surface area (Å²) in [5.74, 6) is 0.286. The third-order valence-corrected chi connectivity index (χ3v) is 5.40. The van der Waals surface area contributed by atoms with Gasteiger partial charge in [-0.05, 0) is 12.5 Å². The highest BCUT2D eigenvalue weighted by atomic mass is 16.2. The van der Waals surface area contributed by atoms with E-state index < -0.39 is 0 Å². The average Bonchev–Trinajstić information content (AvgIpc) is 2.56. The molecule has 3 aliphatic rings. The maximum Gasteiger partial charge on any atom is 0.280 e. The van der Waals surface area contributed by atoms with Crippen LogP contribution in [0.4, 0.5) is 0 Å². The number of hydrogen-bond acceptors (Lipinski definition) is 2. The van der Waals surface area contributed by atoms with Crippen LogP contribution in [0.1, 0.15) is 12.5 Å². The molecule has 1 aromatic carbocycles. The topological polar surface area (TPSA) is 23.6 Å². The van der Waals surface area contributed by atoms with E-state index in [-0.39, 0.29) is 11.9 Å². The molecule has 3 saturated heterocycles. The molecule has 1 amide bonds. The van der Waals surface area contributed by atoms with Gasteiger partial charge in [-0.25, -0.2) is 0 Å². The van der Waals surface area contributed by atoms with Gasteiger partial charge >= 0.3 is 0 Å². The van der Waals surface area contributed by atoms with Crippen molar-refractivity contribution in [2.24, 2.45) is 0 Å². The van der Waals surface area contributed by atoms with Crippen LogP contribution < -0.4 is 0 Å². The molecular weight excluding hydrogens is 262 g/mol. The van der Waals surface area contributed by atoms with Gasteiger partial charge < -0.3 is 9.38 Å². The van der Waals surface area contributed by atoms with E-state index in [2.05, 4.69) is 24.0 Å². The highest BCUT2D eigenvalue weighted by Gasteiger charge is 2.45. The molecule has 0 unspecified atom stereocenters. The highest BCUT2D eigenvalue weighted by molar-refractivity contribution is 5.80. The fourth-order valence-corrected chi connectivity index (χ4v) is 3.76. The molecule has 21 heavy (non-hydrogen) atoms. The molecule has 0 spiro atoms. The van der Waals surface area contributed by atoms with E-state index in [4.69, 9.17) is 0 Å². The smallest absolute Gasteiger partial charge is 0.280 e. The Balaban J connectivity index is 1.66. The van der Waals surface area contributed by atoms with E-state index >= 15 is 0 Å². The second-order valence-corrected chi connectivity index (χ2v) is 6.59. The van der Waals surface area contributed by atoms with Crippen LogP contribution in [-0.2, 0) is 11.3 Å². The fourth-order valence-electron chi connectivity index (χ4n) is 3.76. The van der Waals surface area contributed by atoms with Crippen molar-refractivity contribution in [3.05, 3.63) is 35.9 Å². The van der Waals surface area contributed by atoms with Gasteiger partial charge in [0, 0.05) is 33.2 Å². The third-order valence-electron chi connectivity index (χ3n) is 5.40. The van der Waals surface area contributed by atoms with Gasteiger partial charge in [-0.3, -0.25) is 9.69 Å². The Morgan fingerprint density at radius 2 is 1.76 bits per heavy atom. The highest BCUT2D eigenvalue weighted by Crippen LogP contribution is 2.24. The molecule has 0 radical (unpaired) electrons. The van der Waals surface area contributed by atoms with Crippen molar-refractivity contribution in [1.29, 1.82) is 0 Å². The first kappa shape index (κ1) is 14.5. The van der Waals surface area contributed by atoms with E-state index in [1.165, 1.54) is 5.56 Å². The molecule has 0 aliphatic carbocycles. The van der Waals surface area contributed by atoms with Crippen molar-refractivity contribution in [2.75, 3.05) is 46.3 Å². The van der Waals surface area contributed by atoms with Gasteiger partial charge in [0.2, 0.25) is 0 Å². The SMILES string of the molecule is C[C@@H](C(=O)N(C)Cc1ccccc1)[N+]12CCN(CC1)CC2. The molecule has 1 atom stereocenters. The van der Waals surface area contributed by atoms with Crippen LogP contribution in [0.3, 0.4) is 0 Å². The van der Waals surface area contributed by atoms with Crippen LogP contribution >= 0.6 is 0 Å². The number of nitrogens with zero attached hydrogens (tertiary/aromatic N) is 3. The standard InChI is InChI=1S/C17H26N3O/c1-15(20-11-8-19(9-12-20)10-13-20)17(21)18(2)14-16-6-4-3-5-7-16/h3-7,15H,8-14H2,1-2H3/q+1/t15-/m0/s1. The normalized spacial score (nSPS) is 29.1. The molecule has 4 heteroatoms. The van der Waals surface area contributed by atoms with E-state index in [0.717, 1.165) is 43.8 Å². The zero-order chi connectivity index (χ0) is 14.9. The molecule has 4 nitrogen and oxygen atoms in total. The Morgan fingerprint density at radius 3 is 2.33 bits per heavy atom. The Hall–Kier alpha value is -1.39. The van der Waals surface area contributed by atoms with E-state index in [0.29, 0.717) is 6.54 Å². The first-order valence-corrected chi connectivity index (χ1v) is 7.98. The zero-order valence-corrected chi connectivity index (χ0v) is 13.2. The number of amides is 1. The molecule has 3 fully saturated rings. The fraction of sp³-hybridized carbons (Fsp3) is 0.588. The number of carbonyl (C=O) groups excluding carboxylic acids is 1. The van der Waals surface area contributed by atoms with Crippen LogP contribution in [0.2, 0.25) is 0 Å². The maximum atomic E-state index is 12.8. The predicted molar refractivity (Wildman–Crippen MR) is 83.7 cm³/mol. The quantitative estimate of drug-likeness (QED) is 0.777. The number of carbonyl (C=O) groups is 1. The zero-order valence-electron chi connectivity index (χ0n) is 13.2. The summed E-state index contributed by atoms with van der Waals surface area (Å²) in [6.45, 7) is 9.69. The monoisotopic (exact) mass is 288 g/mol. The minimum atomic E-state index is 0.0844. The van der Waals surface area contributed by atoms with Crippen LogP contribution in [0.15, 0.2) is 30.3 Å². The second kappa shape index (κ2) is 5.78. The number of likely N-dealkylation sites (N-methyl/N-ethyl adjacent to an activating group) is 1. The summed E-state index contributed by atoms with van der Waals surface area (Å²) in [4.78, 5) is 17.2. The number of rotatable bonds is 4. The Bertz CT molecular complexity index is 480. The van der Waals surface area contributed by atoms with Crippen molar-refractivity contribution < 1.29 is 9.28 Å². The summed E-state index contributed by atoms with van der Waals surface area (Å²) in [6, 6.07) is 10.3. The van der Waals surface area contributed by atoms with E-state index in [1.54, 1.807) is 0 Å². The Morgan fingerprint density at radius 1 is 1.19 bits per heavy atom. The lowest BCUT2D eigenvalue weighted by Crippen LogP contribution is -2.72. The number of benzene rings is 1. The third kappa shape index (κ3) is 2.83. The first-order chi connectivity index (χ1) is 10.1. The molecule has 4 rings (SSSR count). The largest absolute Gasteiger partial charge is 0.336 e. The molecule has 0 N–H and O–H groups in total. The Kier molecular flexibility index (Phi) is 4.00. The van der Waals surface area contributed by atoms with Gasteiger partial charge in [-0.15, -0.1) is 0 Å². The van der Waals surface area contributed by atoms with Gasteiger partial charge in [-0.1, -0.05) is 30.3 Å².